The number of carboxylic acid groups (broad SMARTS) is 1. The van der Waals surface area contributed by atoms with Crippen molar-refractivity contribution in [1.82, 2.24) is 14.8 Å². The Morgan fingerprint density at radius 1 is 1.21 bits per heavy atom. The van der Waals surface area contributed by atoms with Gasteiger partial charge in [0.2, 0.25) is 5.43 Å². The molecular formula is C20H14FN3O4. The van der Waals surface area contributed by atoms with Gasteiger partial charge in [-0.25, -0.2) is 9.18 Å². The van der Waals surface area contributed by atoms with E-state index in [0.717, 1.165) is 5.56 Å². The summed E-state index contributed by atoms with van der Waals surface area (Å²) in [5, 5.41) is 15.7. The first kappa shape index (κ1) is 17.5. The fraction of sp³-hybridized carbons (Fsp3) is 0.0500. The number of nitrogens with zero attached hydrogens (tertiary/aromatic N) is 2. The molecule has 4 rings (SSSR count). The number of para-hydroxylation sites is 1. The van der Waals surface area contributed by atoms with Gasteiger partial charge in [-0.15, -0.1) is 0 Å². The zero-order chi connectivity index (χ0) is 19.7. The number of pyridine rings is 1. The summed E-state index contributed by atoms with van der Waals surface area (Å²) < 4.78 is 20.9. The summed E-state index contributed by atoms with van der Waals surface area (Å²) in [7, 11) is 0. The van der Waals surface area contributed by atoms with Gasteiger partial charge < -0.3 is 14.4 Å². The summed E-state index contributed by atoms with van der Waals surface area (Å²) >= 11 is 0. The van der Waals surface area contributed by atoms with Crippen LogP contribution in [0.1, 0.15) is 5.56 Å². The Bertz CT molecular complexity index is 1230. The van der Waals surface area contributed by atoms with E-state index in [2.05, 4.69) is 14.9 Å². The number of fused-ring (bicyclic) bond motifs is 1. The highest BCUT2D eigenvalue weighted by Crippen LogP contribution is 2.23. The zero-order valence-electron chi connectivity index (χ0n) is 14.4. The van der Waals surface area contributed by atoms with Crippen LogP contribution in [0.4, 0.5) is 9.18 Å². The van der Waals surface area contributed by atoms with Crippen molar-refractivity contribution in [3.05, 3.63) is 82.7 Å². The predicted molar refractivity (Wildman–Crippen MR) is 99.9 cm³/mol. The normalized spacial score (nSPS) is 10.9. The molecule has 0 saturated heterocycles. The van der Waals surface area contributed by atoms with Crippen molar-refractivity contribution in [2.45, 2.75) is 6.54 Å². The van der Waals surface area contributed by atoms with E-state index in [1.165, 1.54) is 12.3 Å². The molecule has 2 N–H and O–H groups in total. The van der Waals surface area contributed by atoms with E-state index in [1.54, 1.807) is 53.4 Å². The molecule has 0 fully saturated rings. The first-order valence-corrected chi connectivity index (χ1v) is 8.33. The van der Waals surface area contributed by atoms with E-state index in [0.29, 0.717) is 16.6 Å². The summed E-state index contributed by atoms with van der Waals surface area (Å²) in [6.45, 7) is 0.0915. The van der Waals surface area contributed by atoms with Crippen LogP contribution < -0.4 is 10.2 Å². The monoisotopic (exact) mass is 379 g/mol. The Hall–Kier alpha value is -3.94. The minimum absolute atomic E-state index is 0.0915. The van der Waals surface area contributed by atoms with Crippen LogP contribution in [0.15, 0.2) is 65.8 Å². The van der Waals surface area contributed by atoms with Crippen molar-refractivity contribution in [3.63, 3.8) is 0 Å². The number of aromatic nitrogens is 3. The number of aromatic amines is 1. The number of hydrogen-bond donors (Lipinski definition) is 2. The number of benzene rings is 2. The molecule has 2 heterocycles. The number of halogens is 1. The molecule has 7 nitrogen and oxygen atoms in total. The number of rotatable bonds is 4. The average Bonchev–Trinajstić information content (AvgIpc) is 3.21. The molecule has 0 aliphatic rings. The number of H-pyrrole nitrogens is 1. The average molecular weight is 379 g/mol. The van der Waals surface area contributed by atoms with Gasteiger partial charge in [0, 0.05) is 22.7 Å². The van der Waals surface area contributed by atoms with Gasteiger partial charge in [0.1, 0.15) is 5.82 Å². The van der Waals surface area contributed by atoms with Gasteiger partial charge in [0.25, 0.3) is 0 Å². The number of nitrogens with one attached hydrogen (secondary N) is 1. The molecule has 0 aliphatic carbocycles. The molecule has 28 heavy (non-hydrogen) atoms. The zero-order valence-corrected chi connectivity index (χ0v) is 14.4. The van der Waals surface area contributed by atoms with E-state index in [4.69, 9.17) is 5.11 Å². The molecule has 0 atom stereocenters. The smallest absolute Gasteiger partial charge is 0.449 e. The minimum Gasteiger partial charge on any atom is -0.449 e. The molecule has 4 aromatic rings. The lowest BCUT2D eigenvalue weighted by atomic mass is 10.1. The Balaban J connectivity index is 1.78. The highest BCUT2D eigenvalue weighted by Gasteiger charge is 2.14. The number of carbonyl (C=O) groups is 1. The first-order chi connectivity index (χ1) is 13.5. The SMILES string of the molecule is O=C(O)Oc1cn(Cc2ccc(-c3cn[nH]c3)cc2F)c2ccccc2c1=O. The summed E-state index contributed by atoms with van der Waals surface area (Å²) in [6, 6.07) is 11.5. The number of ether oxygens (including phenoxy) is 1. The lowest BCUT2D eigenvalue weighted by Crippen LogP contribution is -2.16. The van der Waals surface area contributed by atoms with E-state index in [-0.39, 0.29) is 17.7 Å². The van der Waals surface area contributed by atoms with Crippen molar-refractivity contribution < 1.29 is 19.0 Å². The maximum absolute atomic E-state index is 14.7. The Labute approximate surface area is 157 Å². The summed E-state index contributed by atoms with van der Waals surface area (Å²) in [6.07, 6.45) is 2.95. The fourth-order valence-corrected chi connectivity index (χ4v) is 3.06. The van der Waals surface area contributed by atoms with Crippen LogP contribution in [0, 0.1) is 5.82 Å². The number of hydrogen-bond acceptors (Lipinski definition) is 4. The van der Waals surface area contributed by atoms with Crippen molar-refractivity contribution in [3.8, 4) is 16.9 Å². The minimum atomic E-state index is -1.59. The van der Waals surface area contributed by atoms with Crippen LogP contribution in [0.5, 0.6) is 5.75 Å². The fourth-order valence-electron chi connectivity index (χ4n) is 3.06. The van der Waals surface area contributed by atoms with Crippen molar-refractivity contribution in [2.24, 2.45) is 0 Å². The molecule has 0 amide bonds. The highest BCUT2D eigenvalue weighted by molar-refractivity contribution is 5.81. The summed E-state index contributed by atoms with van der Waals surface area (Å²) in [4.78, 5) is 23.3. The second-order valence-electron chi connectivity index (χ2n) is 6.13. The van der Waals surface area contributed by atoms with Crippen LogP contribution in [-0.4, -0.2) is 26.0 Å². The molecular weight excluding hydrogens is 365 g/mol. The Morgan fingerprint density at radius 2 is 2.04 bits per heavy atom. The second-order valence-corrected chi connectivity index (χ2v) is 6.13. The van der Waals surface area contributed by atoms with E-state index in [9.17, 15) is 14.0 Å². The second kappa shape index (κ2) is 6.99. The molecule has 0 unspecified atom stereocenters. The molecule has 140 valence electrons. The van der Waals surface area contributed by atoms with Crippen LogP contribution in [0.25, 0.3) is 22.0 Å². The van der Waals surface area contributed by atoms with E-state index < -0.39 is 17.4 Å². The van der Waals surface area contributed by atoms with Gasteiger partial charge in [-0.05, 0) is 23.8 Å². The van der Waals surface area contributed by atoms with Gasteiger partial charge in [-0.2, -0.15) is 5.10 Å². The Morgan fingerprint density at radius 3 is 2.75 bits per heavy atom. The van der Waals surface area contributed by atoms with Gasteiger partial charge >= 0.3 is 6.16 Å². The molecule has 2 aromatic heterocycles. The molecule has 2 aromatic carbocycles. The van der Waals surface area contributed by atoms with Gasteiger partial charge in [-0.1, -0.05) is 24.3 Å². The lowest BCUT2D eigenvalue weighted by molar-refractivity contribution is 0.144. The third-order valence-corrected chi connectivity index (χ3v) is 4.38. The molecule has 0 radical (unpaired) electrons. The standard InChI is InChI=1S/C20H14FN3O4/c21-16-7-12(14-8-22-23-9-14)5-6-13(16)10-24-11-18(28-20(26)27)19(25)15-3-1-2-4-17(15)24/h1-9,11H,10H2,(H,22,23)(H,26,27). The van der Waals surface area contributed by atoms with Crippen LogP contribution >= 0.6 is 0 Å². The van der Waals surface area contributed by atoms with Gasteiger partial charge in [-0.3, -0.25) is 9.89 Å². The van der Waals surface area contributed by atoms with Crippen LogP contribution in [0.3, 0.4) is 0 Å². The lowest BCUT2D eigenvalue weighted by Gasteiger charge is -2.14. The van der Waals surface area contributed by atoms with Crippen LogP contribution in [-0.2, 0) is 6.54 Å². The third-order valence-electron chi connectivity index (χ3n) is 4.38. The van der Waals surface area contributed by atoms with Crippen molar-refractivity contribution in [1.29, 1.82) is 0 Å². The van der Waals surface area contributed by atoms with E-state index >= 15 is 0 Å². The Kier molecular flexibility index (Phi) is 4.36. The largest absolute Gasteiger partial charge is 0.511 e. The van der Waals surface area contributed by atoms with Gasteiger partial charge in [0.05, 0.1) is 24.5 Å². The molecule has 0 aliphatic heterocycles. The third kappa shape index (κ3) is 3.23. The van der Waals surface area contributed by atoms with Crippen LogP contribution in [0.2, 0.25) is 0 Å². The summed E-state index contributed by atoms with van der Waals surface area (Å²) in [5.41, 5.74) is 1.82. The molecule has 8 heteroatoms. The molecule has 0 bridgehead atoms. The first-order valence-electron chi connectivity index (χ1n) is 8.33. The summed E-state index contributed by atoms with van der Waals surface area (Å²) in [5.74, 6) is -0.760. The molecule has 0 spiro atoms. The maximum Gasteiger partial charge on any atom is 0.511 e. The van der Waals surface area contributed by atoms with Crippen molar-refractivity contribution in [2.75, 3.05) is 0 Å². The van der Waals surface area contributed by atoms with Crippen molar-refractivity contribution >= 4 is 17.1 Å². The van der Waals surface area contributed by atoms with E-state index in [1.807, 2.05) is 0 Å². The maximum atomic E-state index is 14.7. The van der Waals surface area contributed by atoms with Gasteiger partial charge in [0.15, 0.2) is 5.75 Å². The quantitative estimate of drug-likeness (QED) is 0.528. The topological polar surface area (TPSA) is 97.2 Å². The highest BCUT2D eigenvalue weighted by atomic mass is 19.1. The predicted octanol–water partition coefficient (Wildman–Crippen LogP) is 3.64. The molecule has 0 saturated carbocycles.